The molecule has 1 rings (SSSR count). The summed E-state index contributed by atoms with van der Waals surface area (Å²) in [6.45, 7) is 7.20. The Morgan fingerprint density at radius 1 is 1.12 bits per heavy atom. The summed E-state index contributed by atoms with van der Waals surface area (Å²) in [6, 6.07) is 9.22. The molecule has 0 fully saturated rings. The van der Waals surface area contributed by atoms with Gasteiger partial charge in [0.15, 0.2) is 0 Å². The molecule has 1 atom stereocenters. The Morgan fingerprint density at radius 2 is 1.62 bits per heavy atom. The van der Waals surface area contributed by atoms with Crippen molar-refractivity contribution in [3.05, 3.63) is 35.9 Å². The Balaban J connectivity index is 2.94. The van der Waals surface area contributed by atoms with Crippen molar-refractivity contribution in [3.63, 3.8) is 0 Å². The minimum Gasteiger partial charge on any atom is -0.212 e. The van der Waals surface area contributed by atoms with Crippen LogP contribution in [0.15, 0.2) is 30.3 Å². The quantitative estimate of drug-likeness (QED) is 0.883. The van der Waals surface area contributed by atoms with Gasteiger partial charge in [0.25, 0.3) is 0 Å². The second-order valence-electron chi connectivity index (χ2n) is 4.95. The van der Waals surface area contributed by atoms with Crippen molar-refractivity contribution in [3.8, 4) is 0 Å². The van der Waals surface area contributed by atoms with Crippen LogP contribution in [0, 0.1) is 0 Å². The fourth-order valence-corrected chi connectivity index (χ4v) is 2.96. The summed E-state index contributed by atoms with van der Waals surface area (Å²) < 4.78 is 26.7. The van der Waals surface area contributed by atoms with Crippen molar-refractivity contribution >= 4 is 10.0 Å². The van der Waals surface area contributed by atoms with Crippen molar-refractivity contribution in [2.45, 2.75) is 38.5 Å². The van der Waals surface area contributed by atoms with Crippen molar-refractivity contribution in [1.29, 1.82) is 0 Å². The van der Waals surface area contributed by atoms with Crippen LogP contribution in [0.4, 0.5) is 0 Å². The molecule has 0 heterocycles. The van der Waals surface area contributed by atoms with E-state index in [1.165, 1.54) is 0 Å². The summed E-state index contributed by atoms with van der Waals surface area (Å²) in [6.07, 6.45) is 0. The molecular weight excluding hydrogens is 222 g/mol. The topological polar surface area (TPSA) is 46.2 Å². The predicted octanol–water partition coefficient (Wildman–Crippen LogP) is 2.47. The Bertz CT molecular complexity index is 432. The van der Waals surface area contributed by atoms with Crippen LogP contribution in [0.5, 0.6) is 0 Å². The molecule has 3 nitrogen and oxygen atoms in total. The minimum atomic E-state index is -3.32. The zero-order chi connectivity index (χ0) is 12.4. The van der Waals surface area contributed by atoms with Gasteiger partial charge in [0.2, 0.25) is 10.0 Å². The smallest absolute Gasteiger partial charge is 0.212 e. The summed E-state index contributed by atoms with van der Waals surface area (Å²) in [5.41, 5.74) is 0.362. The molecule has 1 unspecified atom stereocenters. The number of benzene rings is 1. The Kier molecular flexibility index (Phi) is 3.76. The van der Waals surface area contributed by atoms with Gasteiger partial charge in [0.1, 0.15) is 0 Å². The van der Waals surface area contributed by atoms with Gasteiger partial charge in [-0.1, -0.05) is 30.3 Å². The van der Waals surface area contributed by atoms with E-state index < -0.39 is 20.8 Å². The molecule has 1 aromatic carbocycles. The summed E-state index contributed by atoms with van der Waals surface area (Å²) in [5.74, 6) is 0. The molecule has 0 saturated heterocycles. The maximum Gasteiger partial charge on any atom is 0.218 e. The molecule has 4 heteroatoms. The number of hydrogen-bond donors (Lipinski definition) is 1. The Labute approximate surface area is 97.9 Å². The van der Waals surface area contributed by atoms with Gasteiger partial charge in [-0.05, 0) is 33.3 Å². The van der Waals surface area contributed by atoms with Gasteiger partial charge in [0.05, 0.1) is 5.25 Å². The van der Waals surface area contributed by atoms with Gasteiger partial charge in [-0.3, -0.25) is 0 Å². The van der Waals surface area contributed by atoms with Crippen LogP contribution in [-0.2, 0) is 10.0 Å². The van der Waals surface area contributed by atoms with Gasteiger partial charge in [0, 0.05) is 5.54 Å². The second kappa shape index (κ2) is 4.55. The van der Waals surface area contributed by atoms with Crippen LogP contribution >= 0.6 is 0 Å². The molecule has 16 heavy (non-hydrogen) atoms. The van der Waals surface area contributed by atoms with E-state index in [1.807, 2.05) is 51.1 Å². The third kappa shape index (κ3) is 3.61. The summed E-state index contributed by atoms with van der Waals surface area (Å²) in [4.78, 5) is 0. The number of sulfonamides is 1. The summed E-state index contributed by atoms with van der Waals surface area (Å²) >= 11 is 0. The van der Waals surface area contributed by atoms with Crippen LogP contribution in [0.2, 0.25) is 0 Å². The van der Waals surface area contributed by atoms with E-state index in [1.54, 1.807) is 6.92 Å². The molecule has 0 bridgehead atoms. The highest BCUT2D eigenvalue weighted by atomic mass is 32.2. The highest BCUT2D eigenvalue weighted by molar-refractivity contribution is 7.89. The number of rotatable bonds is 3. The molecule has 1 N–H and O–H groups in total. The maximum absolute atomic E-state index is 12.0. The molecule has 0 aliphatic heterocycles. The van der Waals surface area contributed by atoms with Crippen molar-refractivity contribution in [1.82, 2.24) is 4.72 Å². The highest BCUT2D eigenvalue weighted by Crippen LogP contribution is 2.21. The third-order valence-corrected chi connectivity index (χ3v) is 4.28. The molecule has 0 aliphatic carbocycles. The molecule has 0 amide bonds. The van der Waals surface area contributed by atoms with E-state index >= 15 is 0 Å². The summed E-state index contributed by atoms with van der Waals surface area (Å²) in [7, 11) is -3.32. The second-order valence-corrected chi connectivity index (χ2v) is 6.95. The van der Waals surface area contributed by atoms with Gasteiger partial charge in [-0.15, -0.1) is 0 Å². The molecule has 1 aromatic rings. The van der Waals surface area contributed by atoms with E-state index in [2.05, 4.69) is 4.72 Å². The van der Waals surface area contributed by atoms with Gasteiger partial charge >= 0.3 is 0 Å². The zero-order valence-corrected chi connectivity index (χ0v) is 11.0. The fraction of sp³-hybridized carbons (Fsp3) is 0.500. The Morgan fingerprint density at radius 3 is 2.06 bits per heavy atom. The van der Waals surface area contributed by atoms with Crippen molar-refractivity contribution in [2.24, 2.45) is 0 Å². The highest BCUT2D eigenvalue weighted by Gasteiger charge is 2.26. The Hall–Kier alpha value is -0.870. The third-order valence-electron chi connectivity index (χ3n) is 2.18. The van der Waals surface area contributed by atoms with Crippen molar-refractivity contribution in [2.75, 3.05) is 0 Å². The standard InChI is InChI=1S/C12H19NO2S/c1-10(11-8-6-5-7-9-11)16(14,15)13-12(2,3)4/h5-10,13H,1-4H3. The van der Waals surface area contributed by atoms with Crippen molar-refractivity contribution < 1.29 is 8.42 Å². The predicted molar refractivity (Wildman–Crippen MR) is 66.7 cm³/mol. The summed E-state index contributed by atoms with van der Waals surface area (Å²) in [5, 5.41) is -0.534. The first-order chi connectivity index (χ1) is 7.22. The number of nitrogens with one attached hydrogen (secondary N) is 1. The van der Waals surface area contributed by atoms with Gasteiger partial charge < -0.3 is 0 Å². The van der Waals surface area contributed by atoms with Gasteiger partial charge in [-0.2, -0.15) is 0 Å². The molecule has 90 valence electrons. The van der Waals surface area contributed by atoms with Crippen LogP contribution in [0.1, 0.15) is 38.5 Å². The van der Waals surface area contributed by atoms with E-state index in [-0.39, 0.29) is 0 Å². The fourth-order valence-electron chi connectivity index (χ4n) is 1.42. The van der Waals surface area contributed by atoms with Crippen LogP contribution in [0.25, 0.3) is 0 Å². The molecular formula is C12H19NO2S. The van der Waals surface area contributed by atoms with E-state index in [4.69, 9.17) is 0 Å². The molecule has 0 aromatic heterocycles. The van der Waals surface area contributed by atoms with Crippen LogP contribution in [-0.4, -0.2) is 14.0 Å². The molecule has 0 spiro atoms. The molecule has 0 radical (unpaired) electrons. The van der Waals surface area contributed by atoms with Crippen LogP contribution < -0.4 is 4.72 Å². The SMILES string of the molecule is CC(c1ccccc1)S(=O)(=O)NC(C)(C)C. The van der Waals surface area contributed by atoms with E-state index in [9.17, 15) is 8.42 Å². The average Bonchev–Trinajstić information content (AvgIpc) is 2.14. The monoisotopic (exact) mass is 241 g/mol. The molecule has 0 aliphatic rings. The zero-order valence-electron chi connectivity index (χ0n) is 10.2. The first-order valence-corrected chi connectivity index (χ1v) is 6.85. The largest absolute Gasteiger partial charge is 0.218 e. The molecule has 0 saturated carbocycles. The lowest BCUT2D eigenvalue weighted by Gasteiger charge is -2.23. The first kappa shape index (κ1) is 13.2. The lowest BCUT2D eigenvalue weighted by atomic mass is 10.1. The minimum absolute atomic E-state index is 0.443. The normalized spacial score (nSPS) is 14.8. The van der Waals surface area contributed by atoms with Gasteiger partial charge in [-0.25, -0.2) is 13.1 Å². The van der Waals surface area contributed by atoms with Crippen LogP contribution in [0.3, 0.4) is 0 Å². The van der Waals surface area contributed by atoms with E-state index in [0.717, 1.165) is 5.56 Å². The lowest BCUT2D eigenvalue weighted by Crippen LogP contribution is -2.42. The van der Waals surface area contributed by atoms with E-state index in [0.29, 0.717) is 0 Å². The maximum atomic E-state index is 12.0. The number of hydrogen-bond acceptors (Lipinski definition) is 2. The average molecular weight is 241 g/mol. The first-order valence-electron chi connectivity index (χ1n) is 5.30. The lowest BCUT2D eigenvalue weighted by molar-refractivity contribution is 0.486.